The summed E-state index contributed by atoms with van der Waals surface area (Å²) in [4.78, 5) is 2.58. The molecule has 1 aromatic carbocycles. The Morgan fingerprint density at radius 1 is 1.26 bits per heavy atom. The molecule has 0 fully saturated rings. The van der Waals surface area contributed by atoms with Crippen LogP contribution in [0, 0.1) is 5.92 Å². The zero-order valence-electron chi connectivity index (χ0n) is 13.2. The molecule has 1 aliphatic heterocycles. The van der Waals surface area contributed by atoms with E-state index in [1.165, 1.54) is 16.8 Å². The van der Waals surface area contributed by atoms with Crippen LogP contribution in [0.2, 0.25) is 0 Å². The number of fused-ring (bicyclic) bond motifs is 1. The number of nitrogens with one attached hydrogen (secondary N) is 1. The Balaban J connectivity index is 1.73. The van der Waals surface area contributed by atoms with Gasteiger partial charge in [-0.25, -0.2) is 0 Å². The van der Waals surface area contributed by atoms with E-state index in [4.69, 9.17) is 0 Å². The Kier molecular flexibility index (Phi) is 3.88. The van der Waals surface area contributed by atoms with E-state index in [-0.39, 0.29) is 3.55 Å². The van der Waals surface area contributed by atoms with Crippen LogP contribution >= 0.6 is 22.6 Å². The smallest absolute Gasteiger partial charge is 0.138 e. The van der Waals surface area contributed by atoms with Crippen molar-refractivity contribution < 1.29 is 0 Å². The minimum atomic E-state index is -0.0131. The summed E-state index contributed by atoms with van der Waals surface area (Å²) in [5.41, 5.74) is 3.93. The lowest BCUT2D eigenvalue weighted by atomic mass is 9.85. The predicted molar refractivity (Wildman–Crippen MR) is 110 cm³/mol. The van der Waals surface area contributed by atoms with Gasteiger partial charge in [0.05, 0.1) is 11.4 Å². The largest absolute Gasteiger partial charge is 0.363 e. The van der Waals surface area contributed by atoms with Crippen LogP contribution < -0.4 is 10.2 Å². The molecule has 0 saturated heterocycles. The lowest BCUT2D eigenvalue weighted by Gasteiger charge is -2.43. The van der Waals surface area contributed by atoms with Crippen molar-refractivity contribution in [1.82, 2.24) is 0 Å². The van der Waals surface area contributed by atoms with Gasteiger partial charge in [-0.3, -0.25) is 0 Å². The van der Waals surface area contributed by atoms with E-state index < -0.39 is 0 Å². The number of halogens is 1. The topological polar surface area (TPSA) is 15.3 Å². The van der Waals surface area contributed by atoms with Gasteiger partial charge in [0, 0.05) is 12.3 Å². The Hall–Kier alpha value is -1.43. The second kappa shape index (κ2) is 5.89. The average Bonchev–Trinajstić information content (AvgIpc) is 2.96. The SMILES string of the molecule is BC1=CCC(C2Nc3ccccc3N2C2(I)C=CC=CC2)C=C1. The molecule has 0 bridgehead atoms. The highest BCUT2D eigenvalue weighted by Crippen LogP contribution is 2.47. The maximum atomic E-state index is 3.77. The van der Waals surface area contributed by atoms with E-state index >= 15 is 0 Å². The molecule has 116 valence electrons. The molecular weight excluding hydrogens is 394 g/mol. The average molecular weight is 414 g/mol. The molecule has 0 spiro atoms. The van der Waals surface area contributed by atoms with E-state index in [1.807, 2.05) is 0 Å². The molecule has 4 heteroatoms. The van der Waals surface area contributed by atoms with Crippen molar-refractivity contribution in [1.29, 1.82) is 0 Å². The van der Waals surface area contributed by atoms with Crippen molar-refractivity contribution in [3.63, 3.8) is 0 Å². The molecule has 1 heterocycles. The molecule has 0 aromatic heterocycles. The van der Waals surface area contributed by atoms with Crippen LogP contribution in [0.5, 0.6) is 0 Å². The fourth-order valence-corrected chi connectivity index (χ4v) is 4.67. The van der Waals surface area contributed by atoms with Crippen LogP contribution in [0.4, 0.5) is 11.4 Å². The first kappa shape index (κ1) is 15.1. The van der Waals surface area contributed by atoms with Crippen LogP contribution in [0.1, 0.15) is 12.8 Å². The van der Waals surface area contributed by atoms with Crippen LogP contribution in [0.15, 0.2) is 72.3 Å². The zero-order valence-corrected chi connectivity index (χ0v) is 15.4. The van der Waals surface area contributed by atoms with Gasteiger partial charge in [0.25, 0.3) is 0 Å². The van der Waals surface area contributed by atoms with Gasteiger partial charge in [0.2, 0.25) is 0 Å². The molecule has 1 aromatic rings. The van der Waals surface area contributed by atoms with E-state index in [9.17, 15) is 0 Å². The Bertz CT molecular complexity index is 737. The molecule has 2 aliphatic carbocycles. The van der Waals surface area contributed by atoms with Gasteiger partial charge in [-0.1, -0.05) is 54.1 Å². The van der Waals surface area contributed by atoms with Gasteiger partial charge in [-0.2, -0.15) is 0 Å². The summed E-state index contributed by atoms with van der Waals surface area (Å²) in [6.07, 6.45) is 18.3. The van der Waals surface area contributed by atoms with E-state index in [2.05, 4.69) is 107 Å². The highest BCUT2D eigenvalue weighted by molar-refractivity contribution is 14.1. The Morgan fingerprint density at radius 2 is 2.13 bits per heavy atom. The maximum Gasteiger partial charge on any atom is 0.138 e. The van der Waals surface area contributed by atoms with Gasteiger partial charge < -0.3 is 10.2 Å². The molecular formula is C19H20BIN2. The molecule has 4 rings (SSSR count). The number of hydrogen-bond donors (Lipinski definition) is 1. The third-order valence-electron chi connectivity index (χ3n) is 4.87. The van der Waals surface area contributed by atoms with Gasteiger partial charge in [0.1, 0.15) is 17.6 Å². The van der Waals surface area contributed by atoms with Crippen molar-refractivity contribution in [2.45, 2.75) is 22.6 Å². The molecule has 0 radical (unpaired) electrons. The Morgan fingerprint density at radius 3 is 2.87 bits per heavy atom. The number of hydrogen-bond acceptors (Lipinski definition) is 2. The summed E-state index contributed by atoms with van der Waals surface area (Å²) >= 11 is 2.61. The van der Waals surface area contributed by atoms with Crippen LogP contribution in [0.25, 0.3) is 0 Å². The molecule has 2 nitrogen and oxygen atoms in total. The zero-order chi connectivity index (χ0) is 15.9. The molecule has 3 atom stereocenters. The van der Waals surface area contributed by atoms with Gasteiger partial charge in [0.15, 0.2) is 0 Å². The second-order valence-corrected chi connectivity index (χ2v) is 8.36. The maximum absolute atomic E-state index is 3.77. The van der Waals surface area contributed by atoms with Crippen LogP contribution in [-0.4, -0.2) is 17.6 Å². The van der Waals surface area contributed by atoms with E-state index in [0.717, 1.165) is 12.8 Å². The van der Waals surface area contributed by atoms with Crippen LogP contribution in [0.3, 0.4) is 0 Å². The van der Waals surface area contributed by atoms with Gasteiger partial charge in [-0.15, -0.1) is 0 Å². The summed E-state index contributed by atoms with van der Waals surface area (Å²) < 4.78 is -0.0131. The normalized spacial score (nSPS) is 31.7. The van der Waals surface area contributed by atoms with Crippen molar-refractivity contribution in [2.24, 2.45) is 5.92 Å². The third-order valence-corrected chi connectivity index (χ3v) is 6.19. The summed E-state index contributed by atoms with van der Waals surface area (Å²) in [5.74, 6) is 0.483. The van der Waals surface area contributed by atoms with Gasteiger partial charge >= 0.3 is 0 Å². The first-order chi connectivity index (χ1) is 11.2. The lowest BCUT2D eigenvalue weighted by Crippen LogP contribution is -2.52. The molecule has 0 saturated carbocycles. The summed E-state index contributed by atoms with van der Waals surface area (Å²) in [6, 6.07) is 8.68. The highest BCUT2D eigenvalue weighted by Gasteiger charge is 2.43. The third kappa shape index (κ3) is 2.67. The number of para-hydroxylation sites is 2. The monoisotopic (exact) mass is 414 g/mol. The van der Waals surface area contributed by atoms with Crippen molar-refractivity contribution in [2.75, 3.05) is 10.2 Å². The first-order valence-corrected chi connectivity index (χ1v) is 9.28. The molecule has 3 aliphatic rings. The van der Waals surface area contributed by atoms with E-state index in [1.54, 1.807) is 0 Å². The summed E-state index contributed by atoms with van der Waals surface area (Å²) in [7, 11) is 2.18. The molecule has 3 unspecified atom stereocenters. The Labute approximate surface area is 152 Å². The fourth-order valence-electron chi connectivity index (χ4n) is 3.65. The fraction of sp³-hybridized carbons (Fsp3) is 0.263. The quantitative estimate of drug-likeness (QED) is 0.341. The predicted octanol–water partition coefficient (Wildman–Crippen LogP) is 3.99. The summed E-state index contributed by atoms with van der Waals surface area (Å²) in [5, 5.41) is 3.77. The number of benzene rings is 1. The van der Waals surface area contributed by atoms with Gasteiger partial charge in [-0.05, 0) is 47.2 Å². The van der Waals surface area contributed by atoms with E-state index in [0.29, 0.717) is 12.1 Å². The van der Waals surface area contributed by atoms with Crippen LogP contribution in [-0.2, 0) is 0 Å². The van der Waals surface area contributed by atoms with Crippen molar-refractivity contribution in [3.8, 4) is 0 Å². The number of alkyl halides is 1. The number of nitrogens with zero attached hydrogens (tertiary/aromatic N) is 1. The number of anilines is 2. The molecule has 23 heavy (non-hydrogen) atoms. The van der Waals surface area contributed by atoms with Crippen molar-refractivity contribution >= 4 is 41.8 Å². The summed E-state index contributed by atoms with van der Waals surface area (Å²) in [6.45, 7) is 0. The minimum absolute atomic E-state index is 0.0131. The highest BCUT2D eigenvalue weighted by atomic mass is 127. The number of allylic oxidation sites excluding steroid dienone is 5. The molecule has 1 N–H and O–H groups in total. The molecule has 0 amide bonds. The number of rotatable bonds is 2. The van der Waals surface area contributed by atoms with Crippen molar-refractivity contribution in [3.05, 3.63) is 72.3 Å². The minimum Gasteiger partial charge on any atom is -0.363 e. The standard InChI is InChI=1S/C19H20BIN2/c20-15-10-8-14(9-11-15)18-22-16-6-2-3-7-17(16)23(18)19(21)12-4-1-5-13-19/h1-8,10-12,14,18,22H,9,13,20H2. The first-order valence-electron chi connectivity index (χ1n) is 8.20. The second-order valence-electron chi connectivity index (χ2n) is 6.49. The lowest BCUT2D eigenvalue weighted by molar-refractivity contribution is 0.484.